The van der Waals surface area contributed by atoms with Gasteiger partial charge in [-0.25, -0.2) is 15.0 Å². The highest BCUT2D eigenvalue weighted by Gasteiger charge is 2.38. The van der Waals surface area contributed by atoms with Gasteiger partial charge >= 0.3 is 0 Å². The highest BCUT2D eigenvalue weighted by atomic mass is 16.5. The third kappa shape index (κ3) is 4.70. The van der Waals surface area contributed by atoms with Gasteiger partial charge in [-0.2, -0.15) is 0 Å². The molecule has 1 aromatic heterocycles. The number of ether oxygens (including phenoxy) is 1. The fraction of sp³-hybridized carbons (Fsp3) is 0.391. The molecule has 152 valence electrons. The summed E-state index contributed by atoms with van der Waals surface area (Å²) in [4.78, 5) is 20.0. The fourth-order valence-electron chi connectivity index (χ4n) is 3.31. The van der Waals surface area contributed by atoms with Crippen molar-refractivity contribution in [2.24, 2.45) is 15.9 Å². The highest BCUT2D eigenvalue weighted by Crippen LogP contribution is 2.41. The smallest absolute Gasteiger partial charge is 0.235 e. The summed E-state index contributed by atoms with van der Waals surface area (Å²) in [7, 11) is 1.60. The molecule has 6 heteroatoms. The second-order valence-electron chi connectivity index (χ2n) is 7.25. The standard InChI is InChI=1S/C23H29N5O/c1-6-8-9-21-20(12-17(7-2)13-24-4)16(3)28(22(27-21)18-10-11-18)23-25-14-19(29-5)15-26-23/h7,13-15,18H,2-4,6,8-12H2,1,5H3/b17-13+. The number of aromatic nitrogens is 2. The first-order valence-corrected chi connectivity index (χ1v) is 10.1. The van der Waals surface area contributed by atoms with Crippen molar-refractivity contribution in [3.63, 3.8) is 0 Å². The second kappa shape index (κ2) is 9.45. The lowest BCUT2D eigenvalue weighted by Gasteiger charge is -2.33. The van der Waals surface area contributed by atoms with Gasteiger partial charge in [0.25, 0.3) is 0 Å². The molecule has 3 rings (SSSR count). The summed E-state index contributed by atoms with van der Waals surface area (Å²) >= 11 is 0. The molecule has 1 aromatic rings. The SMILES string of the molecule is C=C/C(=C\N=C)CC1=C(CCCC)N=C(C2CC2)N(c2ncc(OC)cn2)C1=C. The van der Waals surface area contributed by atoms with Crippen LogP contribution in [0, 0.1) is 5.92 Å². The van der Waals surface area contributed by atoms with Crippen molar-refractivity contribution in [1.82, 2.24) is 9.97 Å². The van der Waals surface area contributed by atoms with Crippen LogP contribution in [0.2, 0.25) is 0 Å². The zero-order chi connectivity index (χ0) is 20.8. The molecule has 1 aliphatic heterocycles. The number of rotatable bonds is 10. The fourth-order valence-corrected chi connectivity index (χ4v) is 3.31. The van der Waals surface area contributed by atoms with E-state index in [-0.39, 0.29) is 0 Å². The van der Waals surface area contributed by atoms with Crippen LogP contribution in [-0.2, 0) is 0 Å². The maximum atomic E-state index is 5.21. The van der Waals surface area contributed by atoms with E-state index in [1.807, 2.05) is 4.90 Å². The van der Waals surface area contributed by atoms with Gasteiger partial charge in [0.05, 0.1) is 19.5 Å². The molecule has 0 bridgehead atoms. The number of hydrogen-bond acceptors (Lipinski definition) is 6. The molecule has 0 N–H and O–H groups in total. The number of unbranched alkanes of at least 4 members (excludes halogenated alkanes) is 1. The van der Waals surface area contributed by atoms with Crippen LogP contribution in [0.15, 0.2) is 70.4 Å². The zero-order valence-corrected chi connectivity index (χ0v) is 17.4. The Morgan fingerprint density at radius 2 is 2.07 bits per heavy atom. The first-order valence-electron chi connectivity index (χ1n) is 10.1. The largest absolute Gasteiger partial charge is 0.494 e. The molecule has 1 fully saturated rings. The maximum absolute atomic E-state index is 5.21. The quantitative estimate of drug-likeness (QED) is 0.404. The maximum Gasteiger partial charge on any atom is 0.235 e. The Morgan fingerprint density at radius 3 is 2.62 bits per heavy atom. The molecule has 2 heterocycles. The number of amidine groups is 1. The minimum atomic E-state index is 0.430. The van der Waals surface area contributed by atoms with Crippen LogP contribution < -0.4 is 9.64 Å². The monoisotopic (exact) mass is 391 g/mol. The molecule has 0 unspecified atom stereocenters. The Balaban J connectivity index is 2.05. The van der Waals surface area contributed by atoms with Gasteiger partial charge < -0.3 is 4.74 Å². The molecule has 0 saturated heterocycles. The normalized spacial score (nSPS) is 17.3. The molecule has 0 amide bonds. The number of anilines is 1. The predicted octanol–water partition coefficient (Wildman–Crippen LogP) is 5.23. The lowest BCUT2D eigenvalue weighted by molar-refractivity contribution is 0.411. The molecule has 6 nitrogen and oxygen atoms in total. The Bertz CT molecular complexity index is 875. The van der Waals surface area contributed by atoms with E-state index >= 15 is 0 Å². The van der Waals surface area contributed by atoms with Crippen molar-refractivity contribution in [2.45, 2.75) is 45.4 Å². The van der Waals surface area contributed by atoms with Gasteiger partial charge in [0.15, 0.2) is 5.75 Å². The first kappa shape index (κ1) is 20.7. The Hall–Kier alpha value is -3.02. The van der Waals surface area contributed by atoms with Crippen molar-refractivity contribution < 1.29 is 4.74 Å². The van der Waals surface area contributed by atoms with Crippen LogP contribution in [0.3, 0.4) is 0 Å². The van der Waals surface area contributed by atoms with Crippen molar-refractivity contribution in [2.75, 3.05) is 12.0 Å². The highest BCUT2D eigenvalue weighted by molar-refractivity contribution is 6.04. The van der Waals surface area contributed by atoms with E-state index in [9.17, 15) is 0 Å². The number of methoxy groups -OCH3 is 1. The molecule has 0 spiro atoms. The van der Waals surface area contributed by atoms with Crippen molar-refractivity contribution in [3.8, 4) is 5.75 Å². The van der Waals surface area contributed by atoms with E-state index < -0.39 is 0 Å². The van der Waals surface area contributed by atoms with Gasteiger partial charge in [-0.15, -0.1) is 0 Å². The Kier molecular flexibility index (Phi) is 6.75. The van der Waals surface area contributed by atoms with E-state index in [0.29, 0.717) is 24.0 Å². The molecule has 1 saturated carbocycles. The molecule has 2 aliphatic rings. The van der Waals surface area contributed by atoms with Crippen molar-refractivity contribution >= 4 is 18.5 Å². The minimum absolute atomic E-state index is 0.430. The van der Waals surface area contributed by atoms with E-state index in [2.05, 4.69) is 41.8 Å². The molecular weight excluding hydrogens is 362 g/mol. The van der Waals surface area contributed by atoms with E-state index in [0.717, 1.165) is 60.5 Å². The van der Waals surface area contributed by atoms with E-state index in [1.165, 1.54) is 0 Å². The Labute approximate surface area is 173 Å². The van der Waals surface area contributed by atoms with E-state index in [1.54, 1.807) is 31.8 Å². The van der Waals surface area contributed by atoms with Crippen molar-refractivity contribution in [3.05, 3.63) is 60.4 Å². The third-order valence-electron chi connectivity index (χ3n) is 5.11. The first-order chi connectivity index (χ1) is 14.1. The molecule has 1 aliphatic carbocycles. The topological polar surface area (TPSA) is 63.0 Å². The number of hydrogen-bond donors (Lipinski definition) is 0. The Morgan fingerprint density at radius 1 is 1.34 bits per heavy atom. The third-order valence-corrected chi connectivity index (χ3v) is 5.11. The molecular formula is C23H29N5O. The van der Waals surface area contributed by atoms with Gasteiger partial charge in [-0.3, -0.25) is 9.89 Å². The van der Waals surface area contributed by atoms with Gasteiger partial charge in [0.2, 0.25) is 5.95 Å². The van der Waals surface area contributed by atoms with Gasteiger partial charge in [-0.05, 0) is 38.0 Å². The van der Waals surface area contributed by atoms with Gasteiger partial charge in [0.1, 0.15) is 5.84 Å². The van der Waals surface area contributed by atoms with Gasteiger partial charge in [-0.1, -0.05) is 32.6 Å². The molecule has 0 atom stereocenters. The average molecular weight is 392 g/mol. The van der Waals surface area contributed by atoms with Crippen LogP contribution in [0.5, 0.6) is 5.75 Å². The molecule has 0 aromatic carbocycles. The summed E-state index contributed by atoms with van der Waals surface area (Å²) in [6.45, 7) is 14.1. The molecule has 29 heavy (non-hydrogen) atoms. The summed E-state index contributed by atoms with van der Waals surface area (Å²) < 4.78 is 5.21. The lowest BCUT2D eigenvalue weighted by atomic mass is 9.96. The summed E-state index contributed by atoms with van der Waals surface area (Å²) in [5, 5.41) is 0. The van der Waals surface area contributed by atoms with Crippen LogP contribution in [0.25, 0.3) is 0 Å². The van der Waals surface area contributed by atoms with E-state index in [4.69, 9.17) is 9.73 Å². The summed E-state index contributed by atoms with van der Waals surface area (Å²) in [5.41, 5.74) is 4.03. The van der Waals surface area contributed by atoms with Crippen LogP contribution in [0.1, 0.15) is 45.4 Å². The summed E-state index contributed by atoms with van der Waals surface area (Å²) in [6.07, 6.45) is 12.9. The predicted molar refractivity (Wildman–Crippen MR) is 119 cm³/mol. The molecule has 0 radical (unpaired) electrons. The number of nitrogens with zero attached hydrogens (tertiary/aromatic N) is 5. The van der Waals surface area contributed by atoms with Gasteiger partial charge in [0, 0.05) is 35.5 Å². The lowest BCUT2D eigenvalue weighted by Crippen LogP contribution is -2.36. The number of aliphatic imine (C=N–C) groups is 2. The summed E-state index contributed by atoms with van der Waals surface area (Å²) in [6, 6.07) is 0. The van der Waals surface area contributed by atoms with Crippen LogP contribution in [-0.4, -0.2) is 29.6 Å². The number of allylic oxidation sites excluding steroid dienone is 4. The second-order valence-corrected chi connectivity index (χ2v) is 7.25. The minimum Gasteiger partial charge on any atom is -0.494 e. The van der Waals surface area contributed by atoms with Crippen molar-refractivity contribution in [1.29, 1.82) is 0 Å². The summed E-state index contributed by atoms with van der Waals surface area (Å²) in [5.74, 6) is 2.62. The van der Waals surface area contributed by atoms with Crippen LogP contribution >= 0.6 is 0 Å². The van der Waals surface area contributed by atoms with Crippen LogP contribution in [0.4, 0.5) is 5.95 Å². The average Bonchev–Trinajstić information content (AvgIpc) is 3.58. The zero-order valence-electron chi connectivity index (χ0n) is 17.4.